The lowest BCUT2D eigenvalue weighted by Crippen LogP contribution is -2.44. The monoisotopic (exact) mass is 465 g/mol. The van der Waals surface area contributed by atoms with Crippen LogP contribution in [0.4, 0.5) is 5.69 Å². The van der Waals surface area contributed by atoms with E-state index in [1.54, 1.807) is 4.90 Å². The van der Waals surface area contributed by atoms with Crippen molar-refractivity contribution in [3.63, 3.8) is 0 Å². The van der Waals surface area contributed by atoms with E-state index in [2.05, 4.69) is 21.0 Å². The van der Waals surface area contributed by atoms with Gasteiger partial charge in [0.2, 0.25) is 23.9 Å². The van der Waals surface area contributed by atoms with Gasteiger partial charge in [-0.25, -0.2) is 0 Å². The standard InChI is InChI=1S/C23H20BrN3O3/c1-15(28)26(21-9-5-7-17-6-3-4-8-20(17)21)14-22-27(16(2)29)25-23(30-22)18-10-12-19(24)13-11-18/h3-13,22H,14H2,1-2H3/t22-/m1/s1. The van der Waals surface area contributed by atoms with Crippen molar-refractivity contribution in [2.45, 2.75) is 20.1 Å². The molecule has 3 aromatic rings. The SMILES string of the molecule is CC(=O)N(C[C@H]1OC(c2ccc(Br)cc2)=NN1C(C)=O)c1cccc2ccccc12. The van der Waals surface area contributed by atoms with Crippen molar-refractivity contribution in [2.75, 3.05) is 11.4 Å². The summed E-state index contributed by atoms with van der Waals surface area (Å²) in [7, 11) is 0. The third kappa shape index (κ3) is 3.93. The van der Waals surface area contributed by atoms with E-state index < -0.39 is 6.23 Å². The van der Waals surface area contributed by atoms with Crippen LogP contribution in [0.5, 0.6) is 0 Å². The van der Waals surface area contributed by atoms with Crippen molar-refractivity contribution in [3.8, 4) is 0 Å². The number of carbonyl (C=O) groups excluding carboxylic acids is 2. The molecule has 2 amide bonds. The highest BCUT2D eigenvalue weighted by Crippen LogP contribution is 2.29. The molecule has 3 aromatic carbocycles. The molecule has 0 aliphatic carbocycles. The first-order valence-corrected chi connectivity index (χ1v) is 10.3. The third-order valence-corrected chi connectivity index (χ3v) is 5.44. The fourth-order valence-electron chi connectivity index (χ4n) is 3.47. The van der Waals surface area contributed by atoms with Crippen molar-refractivity contribution in [1.29, 1.82) is 0 Å². The first kappa shape index (κ1) is 20.1. The Morgan fingerprint density at radius 3 is 2.43 bits per heavy atom. The summed E-state index contributed by atoms with van der Waals surface area (Å²) in [6, 6.07) is 21.2. The van der Waals surface area contributed by atoms with E-state index in [1.165, 1.54) is 18.9 Å². The van der Waals surface area contributed by atoms with E-state index in [4.69, 9.17) is 4.74 Å². The molecule has 0 aromatic heterocycles. The lowest BCUT2D eigenvalue weighted by molar-refractivity contribution is -0.135. The van der Waals surface area contributed by atoms with Gasteiger partial charge in [-0.2, -0.15) is 5.01 Å². The minimum absolute atomic E-state index is 0.143. The highest BCUT2D eigenvalue weighted by atomic mass is 79.9. The molecular formula is C23H20BrN3O3. The minimum atomic E-state index is -0.719. The summed E-state index contributed by atoms with van der Waals surface area (Å²) in [5.41, 5.74) is 1.52. The summed E-state index contributed by atoms with van der Waals surface area (Å²) >= 11 is 3.41. The zero-order valence-electron chi connectivity index (χ0n) is 16.6. The van der Waals surface area contributed by atoms with Gasteiger partial charge in [-0.1, -0.05) is 52.3 Å². The molecule has 1 atom stereocenters. The first-order valence-electron chi connectivity index (χ1n) is 9.51. The molecule has 0 radical (unpaired) electrons. The molecule has 0 N–H and O–H groups in total. The molecule has 0 bridgehead atoms. The number of rotatable bonds is 4. The molecule has 6 nitrogen and oxygen atoms in total. The molecule has 1 aliphatic heterocycles. The molecule has 1 aliphatic rings. The van der Waals surface area contributed by atoms with Crippen LogP contribution in [0.15, 0.2) is 76.3 Å². The van der Waals surface area contributed by atoms with E-state index in [0.29, 0.717) is 5.90 Å². The molecular weight excluding hydrogens is 446 g/mol. The van der Waals surface area contributed by atoms with Gasteiger partial charge in [-0.15, -0.1) is 5.10 Å². The molecule has 4 rings (SSSR count). The molecule has 0 fully saturated rings. The average Bonchev–Trinajstić information content (AvgIpc) is 3.16. The van der Waals surface area contributed by atoms with Crippen LogP contribution >= 0.6 is 15.9 Å². The smallest absolute Gasteiger partial charge is 0.243 e. The van der Waals surface area contributed by atoms with Crippen LogP contribution < -0.4 is 4.90 Å². The molecule has 0 unspecified atom stereocenters. The fraction of sp³-hybridized carbons (Fsp3) is 0.174. The minimum Gasteiger partial charge on any atom is -0.448 e. The maximum Gasteiger partial charge on any atom is 0.243 e. The fourth-order valence-corrected chi connectivity index (χ4v) is 3.73. The van der Waals surface area contributed by atoms with Crippen LogP contribution in [0, 0.1) is 0 Å². The summed E-state index contributed by atoms with van der Waals surface area (Å²) in [6.07, 6.45) is -0.719. The van der Waals surface area contributed by atoms with Crippen LogP contribution in [-0.4, -0.2) is 35.5 Å². The molecule has 1 heterocycles. The number of halogens is 1. The molecule has 0 saturated carbocycles. The van der Waals surface area contributed by atoms with E-state index in [1.807, 2.05) is 66.7 Å². The number of hydrogen-bond acceptors (Lipinski definition) is 4. The van der Waals surface area contributed by atoms with Gasteiger partial charge >= 0.3 is 0 Å². The van der Waals surface area contributed by atoms with Crippen LogP contribution in [-0.2, 0) is 14.3 Å². The number of ether oxygens (including phenoxy) is 1. The van der Waals surface area contributed by atoms with Crippen LogP contribution in [0.3, 0.4) is 0 Å². The van der Waals surface area contributed by atoms with Crippen molar-refractivity contribution < 1.29 is 14.3 Å². The summed E-state index contributed by atoms with van der Waals surface area (Å²) < 4.78 is 6.96. The molecule has 152 valence electrons. The maximum atomic E-state index is 12.6. The van der Waals surface area contributed by atoms with E-state index in [-0.39, 0.29) is 18.4 Å². The largest absolute Gasteiger partial charge is 0.448 e. The van der Waals surface area contributed by atoms with Gasteiger partial charge in [-0.3, -0.25) is 9.59 Å². The number of fused-ring (bicyclic) bond motifs is 1. The highest BCUT2D eigenvalue weighted by Gasteiger charge is 2.34. The Morgan fingerprint density at radius 2 is 1.73 bits per heavy atom. The quantitative estimate of drug-likeness (QED) is 0.568. The number of amides is 2. The van der Waals surface area contributed by atoms with Crippen molar-refractivity contribution in [2.24, 2.45) is 5.10 Å². The van der Waals surface area contributed by atoms with Crippen LogP contribution in [0.25, 0.3) is 10.8 Å². The second-order valence-corrected chi connectivity index (χ2v) is 7.89. The van der Waals surface area contributed by atoms with Crippen molar-refractivity contribution >= 4 is 50.1 Å². The van der Waals surface area contributed by atoms with Gasteiger partial charge in [0.1, 0.15) is 0 Å². The lowest BCUT2D eigenvalue weighted by atomic mass is 10.1. The summed E-state index contributed by atoms with van der Waals surface area (Å²) in [5, 5.41) is 7.64. The van der Waals surface area contributed by atoms with E-state index in [0.717, 1.165) is 26.5 Å². The Bertz CT molecular complexity index is 1140. The summed E-state index contributed by atoms with van der Waals surface area (Å²) in [4.78, 5) is 26.4. The van der Waals surface area contributed by atoms with Crippen LogP contribution in [0.2, 0.25) is 0 Å². The highest BCUT2D eigenvalue weighted by molar-refractivity contribution is 9.10. The second kappa shape index (κ2) is 8.28. The van der Waals surface area contributed by atoms with Gasteiger partial charge in [0.05, 0.1) is 12.2 Å². The Kier molecular flexibility index (Phi) is 5.55. The Balaban J connectivity index is 1.65. The Hall–Kier alpha value is -3.19. The summed E-state index contributed by atoms with van der Waals surface area (Å²) in [6.45, 7) is 3.10. The topological polar surface area (TPSA) is 62.2 Å². The lowest BCUT2D eigenvalue weighted by Gasteiger charge is -2.28. The Labute approximate surface area is 182 Å². The zero-order chi connectivity index (χ0) is 21.3. The van der Waals surface area contributed by atoms with E-state index >= 15 is 0 Å². The average molecular weight is 466 g/mol. The molecule has 30 heavy (non-hydrogen) atoms. The third-order valence-electron chi connectivity index (χ3n) is 4.91. The van der Waals surface area contributed by atoms with Crippen molar-refractivity contribution in [3.05, 3.63) is 76.8 Å². The van der Waals surface area contributed by atoms with E-state index in [9.17, 15) is 9.59 Å². The van der Waals surface area contributed by atoms with Gasteiger partial charge in [0, 0.05) is 29.3 Å². The van der Waals surface area contributed by atoms with Crippen molar-refractivity contribution in [1.82, 2.24) is 5.01 Å². The maximum absolute atomic E-state index is 12.6. The number of hydrazone groups is 1. The molecule has 0 spiro atoms. The van der Waals surface area contributed by atoms with Gasteiger partial charge in [0.15, 0.2) is 0 Å². The predicted octanol–water partition coefficient (Wildman–Crippen LogP) is 4.52. The number of benzene rings is 3. The number of carbonyl (C=O) groups is 2. The van der Waals surface area contributed by atoms with Gasteiger partial charge in [0.25, 0.3) is 0 Å². The molecule has 7 heteroatoms. The molecule has 0 saturated heterocycles. The first-order chi connectivity index (χ1) is 14.4. The normalized spacial score (nSPS) is 15.6. The number of hydrogen-bond donors (Lipinski definition) is 0. The number of anilines is 1. The van der Waals surface area contributed by atoms with Crippen LogP contribution in [0.1, 0.15) is 19.4 Å². The van der Waals surface area contributed by atoms with Gasteiger partial charge in [-0.05, 0) is 35.7 Å². The predicted molar refractivity (Wildman–Crippen MR) is 120 cm³/mol. The summed E-state index contributed by atoms with van der Waals surface area (Å²) in [5.74, 6) is -0.0480. The number of nitrogens with zero attached hydrogens (tertiary/aromatic N) is 3. The Morgan fingerprint density at radius 1 is 1.03 bits per heavy atom. The zero-order valence-corrected chi connectivity index (χ0v) is 18.2. The van der Waals surface area contributed by atoms with Gasteiger partial charge < -0.3 is 9.64 Å². The second-order valence-electron chi connectivity index (χ2n) is 6.98.